The molecule has 0 aliphatic carbocycles. The molecule has 1 unspecified atom stereocenters. The lowest BCUT2D eigenvalue weighted by molar-refractivity contribution is -0.123. The van der Waals surface area contributed by atoms with Gasteiger partial charge in [-0.3, -0.25) is 14.7 Å². The Balaban J connectivity index is 2.50. The van der Waals surface area contributed by atoms with Crippen LogP contribution in [0.4, 0.5) is 0 Å². The van der Waals surface area contributed by atoms with Gasteiger partial charge in [-0.05, 0) is 32.5 Å². The fourth-order valence-corrected chi connectivity index (χ4v) is 1.67. The van der Waals surface area contributed by atoms with E-state index in [0.717, 1.165) is 24.4 Å². The molecule has 94 valence electrons. The highest BCUT2D eigenvalue weighted by Gasteiger charge is 2.13. The maximum absolute atomic E-state index is 11.8. The first-order valence-corrected chi connectivity index (χ1v) is 6.16. The summed E-state index contributed by atoms with van der Waals surface area (Å²) in [6, 6.07) is 5.98. The predicted octanol–water partition coefficient (Wildman–Crippen LogP) is 2.44. The lowest BCUT2D eigenvalue weighted by Gasteiger charge is -2.17. The smallest absolute Gasteiger partial charge is 0.149 e. The van der Waals surface area contributed by atoms with E-state index < -0.39 is 0 Å². The van der Waals surface area contributed by atoms with E-state index >= 15 is 0 Å². The number of carbonyl (C=O) groups is 1. The molecule has 1 rings (SSSR count). The second kappa shape index (κ2) is 6.50. The Bertz CT molecular complexity index is 376. The fourth-order valence-electron chi connectivity index (χ4n) is 1.67. The molecule has 0 amide bonds. The zero-order valence-corrected chi connectivity index (χ0v) is 11.2. The first kappa shape index (κ1) is 13.8. The van der Waals surface area contributed by atoms with Crippen molar-refractivity contribution in [2.24, 2.45) is 5.92 Å². The SMILES string of the molecule is CCC(C)C(=O)CN(C)Cc1cccc(C)n1. The van der Waals surface area contributed by atoms with Crippen molar-refractivity contribution in [3.63, 3.8) is 0 Å². The van der Waals surface area contributed by atoms with Gasteiger partial charge in [0, 0.05) is 18.2 Å². The molecule has 0 aliphatic rings. The Morgan fingerprint density at radius 3 is 2.76 bits per heavy atom. The predicted molar refractivity (Wildman–Crippen MR) is 69.8 cm³/mol. The average Bonchev–Trinajstić information content (AvgIpc) is 2.27. The van der Waals surface area contributed by atoms with E-state index in [1.807, 2.05) is 50.9 Å². The maximum Gasteiger partial charge on any atom is 0.149 e. The maximum atomic E-state index is 11.8. The van der Waals surface area contributed by atoms with Crippen LogP contribution in [0, 0.1) is 12.8 Å². The topological polar surface area (TPSA) is 33.2 Å². The first-order chi connectivity index (χ1) is 8.02. The van der Waals surface area contributed by atoms with E-state index in [0.29, 0.717) is 12.3 Å². The van der Waals surface area contributed by atoms with Gasteiger partial charge >= 0.3 is 0 Å². The largest absolute Gasteiger partial charge is 0.298 e. The number of Topliss-reactive ketones (excluding diaryl/α,β-unsaturated/α-hetero) is 1. The third kappa shape index (κ3) is 4.65. The zero-order chi connectivity index (χ0) is 12.8. The van der Waals surface area contributed by atoms with Crippen molar-refractivity contribution in [3.8, 4) is 0 Å². The van der Waals surface area contributed by atoms with Gasteiger partial charge in [-0.2, -0.15) is 0 Å². The summed E-state index contributed by atoms with van der Waals surface area (Å²) in [4.78, 5) is 18.2. The van der Waals surface area contributed by atoms with Gasteiger partial charge in [-0.1, -0.05) is 19.9 Å². The molecule has 0 spiro atoms. The molecule has 1 atom stereocenters. The minimum absolute atomic E-state index is 0.155. The number of hydrogen-bond donors (Lipinski definition) is 0. The van der Waals surface area contributed by atoms with Gasteiger partial charge < -0.3 is 0 Å². The Labute approximate surface area is 104 Å². The number of ketones is 1. The highest BCUT2D eigenvalue weighted by atomic mass is 16.1. The summed E-state index contributed by atoms with van der Waals surface area (Å²) in [6.45, 7) is 7.24. The van der Waals surface area contributed by atoms with Crippen molar-refractivity contribution in [2.45, 2.75) is 33.7 Å². The first-order valence-electron chi connectivity index (χ1n) is 6.16. The van der Waals surface area contributed by atoms with Gasteiger partial charge in [0.15, 0.2) is 0 Å². The Hall–Kier alpha value is -1.22. The molecule has 1 aromatic heterocycles. The molecule has 1 heterocycles. The van der Waals surface area contributed by atoms with Gasteiger partial charge in [0.2, 0.25) is 0 Å². The van der Waals surface area contributed by atoms with E-state index in [1.54, 1.807) is 0 Å². The van der Waals surface area contributed by atoms with Gasteiger partial charge in [-0.15, -0.1) is 0 Å². The van der Waals surface area contributed by atoms with Crippen molar-refractivity contribution < 1.29 is 4.79 Å². The van der Waals surface area contributed by atoms with Crippen LogP contribution in [-0.2, 0) is 11.3 Å². The summed E-state index contributed by atoms with van der Waals surface area (Å²) in [5, 5.41) is 0. The zero-order valence-electron chi connectivity index (χ0n) is 11.2. The van der Waals surface area contributed by atoms with Gasteiger partial charge in [-0.25, -0.2) is 0 Å². The number of likely N-dealkylation sites (N-methyl/N-ethyl adjacent to an activating group) is 1. The van der Waals surface area contributed by atoms with Crippen molar-refractivity contribution >= 4 is 5.78 Å². The highest BCUT2D eigenvalue weighted by Crippen LogP contribution is 2.06. The van der Waals surface area contributed by atoms with E-state index in [-0.39, 0.29) is 5.92 Å². The lowest BCUT2D eigenvalue weighted by Crippen LogP contribution is -2.29. The second-order valence-electron chi connectivity index (χ2n) is 4.72. The van der Waals surface area contributed by atoms with Gasteiger partial charge in [0.05, 0.1) is 12.2 Å². The Morgan fingerprint density at radius 2 is 2.18 bits per heavy atom. The summed E-state index contributed by atoms with van der Waals surface area (Å²) >= 11 is 0. The molecule has 1 aromatic rings. The molecule has 17 heavy (non-hydrogen) atoms. The van der Waals surface area contributed by atoms with Crippen LogP contribution >= 0.6 is 0 Å². The molecular weight excluding hydrogens is 212 g/mol. The van der Waals surface area contributed by atoms with Crippen LogP contribution in [0.5, 0.6) is 0 Å². The minimum atomic E-state index is 0.155. The Morgan fingerprint density at radius 1 is 1.47 bits per heavy atom. The van der Waals surface area contributed by atoms with E-state index in [4.69, 9.17) is 0 Å². The van der Waals surface area contributed by atoms with Crippen molar-refractivity contribution in [1.82, 2.24) is 9.88 Å². The highest BCUT2D eigenvalue weighted by molar-refractivity contribution is 5.82. The summed E-state index contributed by atoms with van der Waals surface area (Å²) in [7, 11) is 1.96. The number of hydrogen-bond acceptors (Lipinski definition) is 3. The van der Waals surface area contributed by atoms with Crippen molar-refractivity contribution in [3.05, 3.63) is 29.6 Å². The van der Waals surface area contributed by atoms with Gasteiger partial charge in [0.25, 0.3) is 0 Å². The molecule has 0 saturated heterocycles. The number of rotatable bonds is 6. The standard InChI is InChI=1S/C14H22N2O/c1-5-11(2)14(17)10-16(4)9-13-8-6-7-12(3)15-13/h6-8,11H,5,9-10H2,1-4H3. The lowest BCUT2D eigenvalue weighted by atomic mass is 10.0. The van der Waals surface area contributed by atoms with E-state index in [9.17, 15) is 4.79 Å². The average molecular weight is 234 g/mol. The summed E-state index contributed by atoms with van der Waals surface area (Å²) in [5.41, 5.74) is 2.04. The molecule has 3 heteroatoms. The summed E-state index contributed by atoms with van der Waals surface area (Å²) in [5.74, 6) is 0.463. The molecule has 0 saturated carbocycles. The quantitative estimate of drug-likeness (QED) is 0.758. The number of aromatic nitrogens is 1. The normalized spacial score (nSPS) is 12.8. The van der Waals surface area contributed by atoms with Crippen molar-refractivity contribution in [2.75, 3.05) is 13.6 Å². The van der Waals surface area contributed by atoms with Gasteiger partial charge in [0.1, 0.15) is 5.78 Å². The minimum Gasteiger partial charge on any atom is -0.298 e. The summed E-state index contributed by atoms with van der Waals surface area (Å²) < 4.78 is 0. The van der Waals surface area contributed by atoms with Crippen LogP contribution in [0.25, 0.3) is 0 Å². The van der Waals surface area contributed by atoms with E-state index in [2.05, 4.69) is 4.98 Å². The number of pyridine rings is 1. The van der Waals surface area contributed by atoms with Crippen LogP contribution in [0.2, 0.25) is 0 Å². The van der Waals surface area contributed by atoms with Crippen LogP contribution in [0.1, 0.15) is 31.7 Å². The van der Waals surface area contributed by atoms with Crippen LogP contribution < -0.4 is 0 Å². The molecule has 0 aromatic carbocycles. The fraction of sp³-hybridized carbons (Fsp3) is 0.571. The molecular formula is C14H22N2O. The van der Waals surface area contributed by atoms with Crippen molar-refractivity contribution in [1.29, 1.82) is 0 Å². The molecule has 0 radical (unpaired) electrons. The molecule has 3 nitrogen and oxygen atoms in total. The molecule has 0 aliphatic heterocycles. The van der Waals surface area contributed by atoms with Crippen LogP contribution in [0.15, 0.2) is 18.2 Å². The summed E-state index contributed by atoms with van der Waals surface area (Å²) in [6.07, 6.45) is 0.912. The Kier molecular flexibility index (Phi) is 5.29. The second-order valence-corrected chi connectivity index (χ2v) is 4.72. The van der Waals surface area contributed by atoms with Crippen LogP contribution in [0.3, 0.4) is 0 Å². The monoisotopic (exact) mass is 234 g/mol. The third-order valence-electron chi connectivity index (χ3n) is 2.97. The molecule has 0 bridgehead atoms. The number of aryl methyl sites for hydroxylation is 1. The van der Waals surface area contributed by atoms with Crippen LogP contribution in [-0.4, -0.2) is 29.3 Å². The molecule has 0 fully saturated rings. The third-order valence-corrected chi connectivity index (χ3v) is 2.97. The molecule has 0 N–H and O–H groups in total. The van der Waals surface area contributed by atoms with E-state index in [1.165, 1.54) is 0 Å². The number of carbonyl (C=O) groups excluding carboxylic acids is 1. The number of nitrogens with zero attached hydrogens (tertiary/aromatic N) is 2.